The standard InChI is InChI=1S/C15H15NO2S/c1-11(10-12-6-5-9-19-12)15(17)16-13-7-3-4-8-14(13)18-2/h3-10H,1-2H3,(H,16,17)/b11-10+. The lowest BCUT2D eigenvalue weighted by Crippen LogP contribution is -2.13. The molecule has 0 aliphatic heterocycles. The highest BCUT2D eigenvalue weighted by Crippen LogP contribution is 2.24. The van der Waals surface area contributed by atoms with Gasteiger partial charge in [-0.1, -0.05) is 18.2 Å². The van der Waals surface area contributed by atoms with Crippen molar-refractivity contribution in [1.82, 2.24) is 0 Å². The first kappa shape index (κ1) is 13.4. The predicted molar refractivity (Wildman–Crippen MR) is 79.6 cm³/mol. The Kier molecular flexibility index (Phi) is 4.36. The van der Waals surface area contributed by atoms with E-state index in [1.54, 1.807) is 25.4 Å². The molecular weight excluding hydrogens is 258 g/mol. The zero-order valence-electron chi connectivity index (χ0n) is 10.8. The quantitative estimate of drug-likeness (QED) is 0.860. The molecule has 1 heterocycles. The van der Waals surface area contributed by atoms with E-state index in [1.165, 1.54) is 0 Å². The summed E-state index contributed by atoms with van der Waals surface area (Å²) in [6.45, 7) is 1.80. The van der Waals surface area contributed by atoms with Crippen molar-refractivity contribution in [2.75, 3.05) is 12.4 Å². The van der Waals surface area contributed by atoms with Crippen molar-refractivity contribution in [1.29, 1.82) is 0 Å². The van der Waals surface area contributed by atoms with Gasteiger partial charge < -0.3 is 10.1 Å². The maximum atomic E-state index is 12.1. The first-order valence-electron chi connectivity index (χ1n) is 5.87. The van der Waals surface area contributed by atoms with Crippen molar-refractivity contribution in [3.05, 3.63) is 52.2 Å². The van der Waals surface area contributed by atoms with Crippen LogP contribution in [0.5, 0.6) is 5.75 Å². The SMILES string of the molecule is COc1ccccc1NC(=O)/C(C)=C/c1cccs1. The van der Waals surface area contributed by atoms with Crippen molar-refractivity contribution >= 4 is 29.0 Å². The second-order valence-corrected chi connectivity index (χ2v) is 4.98. The van der Waals surface area contributed by atoms with Crippen molar-refractivity contribution < 1.29 is 9.53 Å². The molecule has 0 aliphatic carbocycles. The van der Waals surface area contributed by atoms with Crippen LogP contribution in [-0.2, 0) is 4.79 Å². The third-order valence-electron chi connectivity index (χ3n) is 2.62. The fourth-order valence-corrected chi connectivity index (χ4v) is 2.34. The number of hydrogen-bond acceptors (Lipinski definition) is 3. The first-order valence-corrected chi connectivity index (χ1v) is 6.75. The first-order chi connectivity index (χ1) is 9.20. The third-order valence-corrected chi connectivity index (χ3v) is 3.43. The van der Waals surface area contributed by atoms with Crippen LogP contribution in [0.4, 0.5) is 5.69 Å². The number of carbonyl (C=O) groups is 1. The van der Waals surface area contributed by atoms with Gasteiger partial charge in [-0.05, 0) is 36.6 Å². The Balaban J connectivity index is 2.13. The Labute approximate surface area is 116 Å². The van der Waals surface area contributed by atoms with E-state index < -0.39 is 0 Å². The maximum absolute atomic E-state index is 12.1. The van der Waals surface area contributed by atoms with Gasteiger partial charge in [0.15, 0.2) is 0 Å². The second kappa shape index (κ2) is 6.20. The lowest BCUT2D eigenvalue weighted by Gasteiger charge is -2.09. The lowest BCUT2D eigenvalue weighted by molar-refractivity contribution is -0.112. The summed E-state index contributed by atoms with van der Waals surface area (Å²) in [6.07, 6.45) is 1.87. The summed E-state index contributed by atoms with van der Waals surface area (Å²) < 4.78 is 5.20. The number of benzene rings is 1. The number of thiophene rings is 1. The van der Waals surface area contributed by atoms with E-state index in [2.05, 4.69) is 5.32 Å². The van der Waals surface area contributed by atoms with E-state index >= 15 is 0 Å². The fourth-order valence-electron chi connectivity index (χ4n) is 1.62. The number of hydrogen-bond donors (Lipinski definition) is 1. The molecule has 4 heteroatoms. The number of amides is 1. The molecule has 0 atom stereocenters. The molecule has 0 radical (unpaired) electrons. The van der Waals surface area contributed by atoms with Crippen LogP contribution in [0.15, 0.2) is 47.4 Å². The number of ether oxygens (including phenoxy) is 1. The Morgan fingerprint density at radius 3 is 2.74 bits per heavy atom. The molecule has 0 bridgehead atoms. The minimum absolute atomic E-state index is 0.127. The van der Waals surface area contributed by atoms with E-state index in [0.29, 0.717) is 17.0 Å². The van der Waals surface area contributed by atoms with Gasteiger partial charge in [-0.25, -0.2) is 0 Å². The van der Waals surface area contributed by atoms with Gasteiger partial charge in [0.1, 0.15) is 5.75 Å². The normalized spacial score (nSPS) is 11.2. The minimum atomic E-state index is -0.127. The van der Waals surface area contributed by atoms with Crippen LogP contribution in [0.1, 0.15) is 11.8 Å². The van der Waals surface area contributed by atoms with Crippen LogP contribution >= 0.6 is 11.3 Å². The summed E-state index contributed by atoms with van der Waals surface area (Å²) in [6, 6.07) is 11.3. The van der Waals surface area contributed by atoms with Gasteiger partial charge in [0.2, 0.25) is 0 Å². The molecule has 2 rings (SSSR count). The summed E-state index contributed by atoms with van der Waals surface area (Å²) in [4.78, 5) is 13.1. The van der Waals surface area contributed by atoms with E-state index in [9.17, 15) is 4.79 Å². The number of anilines is 1. The Morgan fingerprint density at radius 1 is 1.26 bits per heavy atom. The molecule has 0 aliphatic rings. The van der Waals surface area contributed by atoms with Gasteiger partial charge in [0.25, 0.3) is 5.91 Å². The highest BCUT2D eigenvalue weighted by atomic mass is 32.1. The van der Waals surface area contributed by atoms with Gasteiger partial charge in [-0.3, -0.25) is 4.79 Å². The number of para-hydroxylation sites is 2. The van der Waals surface area contributed by atoms with Crippen LogP contribution in [0.2, 0.25) is 0 Å². The van der Waals surface area contributed by atoms with Gasteiger partial charge in [0.05, 0.1) is 12.8 Å². The van der Waals surface area contributed by atoms with E-state index in [4.69, 9.17) is 4.74 Å². The monoisotopic (exact) mass is 273 g/mol. The molecule has 1 amide bonds. The van der Waals surface area contributed by atoms with Crippen molar-refractivity contribution in [2.45, 2.75) is 6.92 Å². The molecule has 0 saturated heterocycles. The topological polar surface area (TPSA) is 38.3 Å². The summed E-state index contributed by atoms with van der Waals surface area (Å²) in [5.41, 5.74) is 1.34. The fraction of sp³-hybridized carbons (Fsp3) is 0.133. The predicted octanol–water partition coefficient (Wildman–Crippen LogP) is 3.80. The molecule has 1 aromatic carbocycles. The number of methoxy groups -OCH3 is 1. The number of carbonyl (C=O) groups excluding carboxylic acids is 1. The maximum Gasteiger partial charge on any atom is 0.251 e. The van der Waals surface area contributed by atoms with Crippen molar-refractivity contribution in [3.63, 3.8) is 0 Å². The molecule has 98 valence electrons. The minimum Gasteiger partial charge on any atom is -0.495 e. The molecule has 19 heavy (non-hydrogen) atoms. The van der Waals surface area contributed by atoms with Crippen LogP contribution < -0.4 is 10.1 Å². The van der Waals surface area contributed by atoms with Crippen LogP contribution in [-0.4, -0.2) is 13.0 Å². The largest absolute Gasteiger partial charge is 0.495 e. The van der Waals surface area contributed by atoms with Crippen molar-refractivity contribution in [2.24, 2.45) is 0 Å². The van der Waals surface area contributed by atoms with E-state index in [0.717, 1.165) is 4.88 Å². The average molecular weight is 273 g/mol. The second-order valence-electron chi connectivity index (χ2n) is 4.00. The molecular formula is C15H15NO2S. The molecule has 3 nitrogen and oxygen atoms in total. The molecule has 0 saturated carbocycles. The molecule has 0 unspecified atom stereocenters. The number of rotatable bonds is 4. The summed E-state index contributed by atoms with van der Waals surface area (Å²) in [5, 5.41) is 4.83. The smallest absolute Gasteiger partial charge is 0.251 e. The third kappa shape index (κ3) is 3.45. The highest BCUT2D eigenvalue weighted by Gasteiger charge is 2.08. The molecule has 0 spiro atoms. The lowest BCUT2D eigenvalue weighted by atomic mass is 10.2. The summed E-state index contributed by atoms with van der Waals surface area (Å²) in [7, 11) is 1.58. The highest BCUT2D eigenvalue weighted by molar-refractivity contribution is 7.10. The molecule has 2 aromatic rings. The van der Waals surface area contributed by atoms with Crippen LogP contribution in [0.25, 0.3) is 6.08 Å². The van der Waals surface area contributed by atoms with Gasteiger partial charge in [-0.15, -0.1) is 11.3 Å². The van der Waals surface area contributed by atoms with Gasteiger partial charge in [0, 0.05) is 10.5 Å². The molecule has 1 N–H and O–H groups in total. The summed E-state index contributed by atoms with van der Waals surface area (Å²) >= 11 is 1.60. The zero-order chi connectivity index (χ0) is 13.7. The molecule has 1 aromatic heterocycles. The Morgan fingerprint density at radius 2 is 2.05 bits per heavy atom. The summed E-state index contributed by atoms with van der Waals surface area (Å²) in [5.74, 6) is 0.526. The van der Waals surface area contributed by atoms with Gasteiger partial charge >= 0.3 is 0 Å². The van der Waals surface area contributed by atoms with Gasteiger partial charge in [-0.2, -0.15) is 0 Å². The average Bonchev–Trinajstić information content (AvgIpc) is 2.92. The van der Waals surface area contributed by atoms with Crippen LogP contribution in [0, 0.1) is 0 Å². The van der Waals surface area contributed by atoms with Crippen molar-refractivity contribution in [3.8, 4) is 5.75 Å². The Hall–Kier alpha value is -2.07. The van der Waals surface area contributed by atoms with Crippen LogP contribution in [0.3, 0.4) is 0 Å². The van der Waals surface area contributed by atoms with E-state index in [1.807, 2.05) is 47.9 Å². The molecule has 0 fully saturated rings. The zero-order valence-corrected chi connectivity index (χ0v) is 11.7. The Bertz CT molecular complexity index is 588. The number of nitrogens with one attached hydrogen (secondary N) is 1. The van der Waals surface area contributed by atoms with E-state index in [-0.39, 0.29) is 5.91 Å².